The summed E-state index contributed by atoms with van der Waals surface area (Å²) in [6.07, 6.45) is 0. The van der Waals surface area contributed by atoms with Gasteiger partial charge in [0, 0.05) is 11.6 Å². The number of benzene rings is 2. The molecule has 0 aliphatic heterocycles. The van der Waals surface area contributed by atoms with E-state index in [9.17, 15) is 13.6 Å². The molecule has 0 bridgehead atoms. The standard InChI is InChI=1S/C18H19F2NO2/c1-11-4-7-17(12(2)8-11)23-10-18(22)21-13(3)15-6-5-14(19)9-16(15)20/h4-9,13H,10H2,1-3H3,(H,21,22). The molecule has 0 saturated carbocycles. The zero-order chi connectivity index (χ0) is 17.0. The van der Waals surface area contributed by atoms with Crippen LogP contribution in [0.3, 0.4) is 0 Å². The zero-order valence-electron chi connectivity index (χ0n) is 13.3. The van der Waals surface area contributed by atoms with Gasteiger partial charge in [0.15, 0.2) is 6.61 Å². The zero-order valence-corrected chi connectivity index (χ0v) is 13.3. The highest BCUT2D eigenvalue weighted by Crippen LogP contribution is 2.19. The molecule has 0 fully saturated rings. The third-order valence-corrected chi connectivity index (χ3v) is 3.50. The fraction of sp³-hybridized carbons (Fsp3) is 0.278. The van der Waals surface area contributed by atoms with Crippen LogP contribution < -0.4 is 10.1 Å². The number of nitrogens with one attached hydrogen (secondary N) is 1. The van der Waals surface area contributed by atoms with Gasteiger partial charge in [-0.3, -0.25) is 4.79 Å². The maximum absolute atomic E-state index is 13.7. The van der Waals surface area contributed by atoms with E-state index in [0.717, 1.165) is 23.3 Å². The first-order valence-electron chi connectivity index (χ1n) is 7.31. The summed E-state index contributed by atoms with van der Waals surface area (Å²) in [4.78, 5) is 11.9. The Morgan fingerprint density at radius 3 is 2.57 bits per heavy atom. The van der Waals surface area contributed by atoms with Crippen LogP contribution in [-0.2, 0) is 4.79 Å². The number of carbonyl (C=O) groups is 1. The van der Waals surface area contributed by atoms with Crippen molar-refractivity contribution in [1.29, 1.82) is 0 Å². The number of amides is 1. The normalized spacial score (nSPS) is 11.9. The molecular formula is C18H19F2NO2. The van der Waals surface area contributed by atoms with E-state index in [-0.39, 0.29) is 18.1 Å². The third-order valence-electron chi connectivity index (χ3n) is 3.50. The number of hydrogen-bond acceptors (Lipinski definition) is 2. The van der Waals surface area contributed by atoms with E-state index < -0.39 is 17.7 Å². The average Bonchev–Trinajstić information content (AvgIpc) is 2.46. The summed E-state index contributed by atoms with van der Waals surface area (Å²) in [7, 11) is 0. The van der Waals surface area contributed by atoms with E-state index in [0.29, 0.717) is 5.75 Å². The quantitative estimate of drug-likeness (QED) is 0.909. The lowest BCUT2D eigenvalue weighted by Gasteiger charge is -2.16. The van der Waals surface area contributed by atoms with Crippen LogP contribution in [0.25, 0.3) is 0 Å². The van der Waals surface area contributed by atoms with Crippen molar-refractivity contribution >= 4 is 5.91 Å². The van der Waals surface area contributed by atoms with Gasteiger partial charge in [-0.15, -0.1) is 0 Å². The van der Waals surface area contributed by atoms with E-state index in [2.05, 4.69) is 5.32 Å². The number of halogens is 2. The monoisotopic (exact) mass is 319 g/mol. The fourth-order valence-corrected chi connectivity index (χ4v) is 2.32. The second-order valence-corrected chi connectivity index (χ2v) is 5.51. The Morgan fingerprint density at radius 1 is 1.17 bits per heavy atom. The molecule has 1 amide bonds. The van der Waals surface area contributed by atoms with Crippen LogP contribution in [-0.4, -0.2) is 12.5 Å². The van der Waals surface area contributed by atoms with Crippen LogP contribution in [0.2, 0.25) is 0 Å². The number of ether oxygens (including phenoxy) is 1. The molecule has 122 valence electrons. The van der Waals surface area contributed by atoms with Gasteiger partial charge < -0.3 is 10.1 Å². The molecule has 0 radical (unpaired) electrons. The molecule has 2 aromatic carbocycles. The molecule has 0 aliphatic carbocycles. The van der Waals surface area contributed by atoms with Gasteiger partial charge in [-0.1, -0.05) is 23.8 Å². The van der Waals surface area contributed by atoms with Crippen molar-refractivity contribution < 1.29 is 18.3 Å². The molecule has 2 aromatic rings. The van der Waals surface area contributed by atoms with Crippen molar-refractivity contribution in [1.82, 2.24) is 5.32 Å². The minimum absolute atomic E-state index is 0.170. The largest absolute Gasteiger partial charge is 0.484 e. The van der Waals surface area contributed by atoms with Gasteiger partial charge in [0.2, 0.25) is 0 Å². The number of aryl methyl sites for hydroxylation is 2. The Morgan fingerprint density at radius 2 is 1.91 bits per heavy atom. The predicted octanol–water partition coefficient (Wildman–Crippen LogP) is 3.84. The lowest BCUT2D eigenvalue weighted by atomic mass is 10.1. The molecule has 1 N–H and O–H groups in total. The fourth-order valence-electron chi connectivity index (χ4n) is 2.32. The van der Waals surface area contributed by atoms with Crippen LogP contribution >= 0.6 is 0 Å². The number of carbonyl (C=O) groups excluding carboxylic acids is 1. The summed E-state index contributed by atoms with van der Waals surface area (Å²) in [5.41, 5.74) is 2.28. The highest BCUT2D eigenvalue weighted by molar-refractivity contribution is 5.78. The SMILES string of the molecule is Cc1ccc(OCC(=O)NC(C)c2ccc(F)cc2F)c(C)c1. The molecule has 0 spiro atoms. The maximum atomic E-state index is 13.7. The topological polar surface area (TPSA) is 38.3 Å². The molecule has 5 heteroatoms. The predicted molar refractivity (Wildman–Crippen MR) is 84.3 cm³/mol. The Bertz CT molecular complexity index is 716. The molecule has 1 unspecified atom stereocenters. The van der Waals surface area contributed by atoms with Crippen LogP contribution in [0.1, 0.15) is 29.7 Å². The lowest BCUT2D eigenvalue weighted by Crippen LogP contribution is -2.31. The van der Waals surface area contributed by atoms with Crippen LogP contribution in [0, 0.1) is 25.5 Å². The molecule has 0 aromatic heterocycles. The van der Waals surface area contributed by atoms with Crippen LogP contribution in [0.4, 0.5) is 8.78 Å². The first-order chi connectivity index (χ1) is 10.9. The first-order valence-corrected chi connectivity index (χ1v) is 7.31. The van der Waals surface area contributed by atoms with Gasteiger partial charge in [-0.05, 0) is 38.5 Å². The van der Waals surface area contributed by atoms with Crippen molar-refractivity contribution in [3.05, 3.63) is 64.7 Å². The second-order valence-electron chi connectivity index (χ2n) is 5.51. The summed E-state index contributed by atoms with van der Waals surface area (Å²) in [6, 6.07) is 8.37. The van der Waals surface area contributed by atoms with Crippen molar-refractivity contribution in [2.75, 3.05) is 6.61 Å². The number of hydrogen-bond donors (Lipinski definition) is 1. The van der Waals surface area contributed by atoms with Crippen LogP contribution in [0.5, 0.6) is 5.75 Å². The molecule has 0 heterocycles. The third kappa shape index (κ3) is 4.52. The van der Waals surface area contributed by atoms with Crippen LogP contribution in [0.15, 0.2) is 36.4 Å². The van der Waals surface area contributed by atoms with E-state index in [1.165, 1.54) is 6.07 Å². The van der Waals surface area contributed by atoms with Crippen molar-refractivity contribution in [3.8, 4) is 5.75 Å². The first kappa shape index (κ1) is 16.9. The van der Waals surface area contributed by atoms with Gasteiger partial charge in [-0.2, -0.15) is 0 Å². The van der Waals surface area contributed by atoms with Crippen molar-refractivity contribution in [3.63, 3.8) is 0 Å². The van der Waals surface area contributed by atoms with Gasteiger partial charge in [0.1, 0.15) is 17.4 Å². The lowest BCUT2D eigenvalue weighted by molar-refractivity contribution is -0.123. The van der Waals surface area contributed by atoms with Gasteiger partial charge in [-0.25, -0.2) is 8.78 Å². The summed E-state index contributed by atoms with van der Waals surface area (Å²) in [5, 5.41) is 2.63. The van der Waals surface area contributed by atoms with Gasteiger partial charge in [0.05, 0.1) is 6.04 Å². The van der Waals surface area contributed by atoms with E-state index in [1.54, 1.807) is 13.0 Å². The maximum Gasteiger partial charge on any atom is 0.258 e. The molecule has 2 rings (SSSR count). The molecule has 23 heavy (non-hydrogen) atoms. The average molecular weight is 319 g/mol. The molecule has 3 nitrogen and oxygen atoms in total. The second kappa shape index (κ2) is 7.22. The van der Waals surface area contributed by atoms with Crippen molar-refractivity contribution in [2.24, 2.45) is 0 Å². The van der Waals surface area contributed by atoms with Gasteiger partial charge >= 0.3 is 0 Å². The molecule has 1 atom stereocenters. The highest BCUT2D eigenvalue weighted by atomic mass is 19.1. The Labute approximate surface area is 134 Å². The minimum Gasteiger partial charge on any atom is -0.484 e. The summed E-state index contributed by atoms with van der Waals surface area (Å²) in [5.74, 6) is -1.08. The van der Waals surface area contributed by atoms with Crippen molar-refractivity contribution in [2.45, 2.75) is 26.8 Å². The van der Waals surface area contributed by atoms with Gasteiger partial charge in [0.25, 0.3) is 5.91 Å². The summed E-state index contributed by atoms with van der Waals surface area (Å²) < 4.78 is 32.0. The highest BCUT2D eigenvalue weighted by Gasteiger charge is 2.14. The number of rotatable bonds is 5. The molecule has 0 aliphatic rings. The molecule has 0 saturated heterocycles. The van der Waals surface area contributed by atoms with E-state index >= 15 is 0 Å². The smallest absolute Gasteiger partial charge is 0.258 e. The Kier molecular flexibility index (Phi) is 5.32. The summed E-state index contributed by atoms with van der Waals surface area (Å²) in [6.45, 7) is 5.33. The van der Waals surface area contributed by atoms with E-state index in [1.807, 2.05) is 26.0 Å². The Balaban J connectivity index is 1.93. The Hall–Kier alpha value is -2.43. The summed E-state index contributed by atoms with van der Waals surface area (Å²) >= 11 is 0. The van der Waals surface area contributed by atoms with E-state index in [4.69, 9.17) is 4.74 Å². The minimum atomic E-state index is -0.687. The molecular weight excluding hydrogens is 300 g/mol.